The van der Waals surface area contributed by atoms with Crippen molar-refractivity contribution in [3.63, 3.8) is 0 Å². The molecule has 2 aromatic carbocycles. The van der Waals surface area contributed by atoms with E-state index >= 15 is 0 Å². The molecule has 0 fully saturated rings. The lowest BCUT2D eigenvalue weighted by molar-refractivity contribution is 0.555. The van der Waals surface area contributed by atoms with E-state index in [4.69, 9.17) is 0 Å². The molecule has 0 amide bonds. The van der Waals surface area contributed by atoms with E-state index in [0.717, 1.165) is 23.3 Å². The highest BCUT2D eigenvalue weighted by atomic mass is 32.2. The van der Waals surface area contributed by atoms with Gasteiger partial charge in [-0.2, -0.15) is 5.10 Å². The van der Waals surface area contributed by atoms with Gasteiger partial charge in [-0.15, -0.1) is 0 Å². The number of sulfonamides is 1. The Morgan fingerprint density at radius 3 is 2.68 bits per heavy atom. The van der Waals surface area contributed by atoms with Crippen molar-refractivity contribution in [2.24, 2.45) is 0 Å². The van der Waals surface area contributed by atoms with E-state index in [0.29, 0.717) is 12.6 Å². The fourth-order valence-corrected chi connectivity index (χ4v) is 3.48. The number of anilines is 1. The molecular weight excluding hydrogens is 348 g/mol. The first kappa shape index (κ1) is 17.1. The van der Waals surface area contributed by atoms with Gasteiger partial charge in [0.15, 0.2) is 0 Å². The highest BCUT2D eigenvalue weighted by Crippen LogP contribution is 2.20. The van der Waals surface area contributed by atoms with Gasteiger partial charge in [0, 0.05) is 6.20 Å². The van der Waals surface area contributed by atoms with Crippen LogP contribution in [0.15, 0.2) is 59.8 Å². The predicted molar refractivity (Wildman–Crippen MR) is 89.7 cm³/mol. The molecule has 8 heteroatoms. The number of nitrogens with one attached hydrogen (secondary N) is 1. The zero-order chi connectivity index (χ0) is 18.0. The fourth-order valence-electron chi connectivity index (χ4n) is 2.36. The van der Waals surface area contributed by atoms with Gasteiger partial charge in [0.2, 0.25) is 0 Å². The first-order valence-electron chi connectivity index (χ1n) is 7.40. The predicted octanol–water partition coefficient (Wildman–Crippen LogP) is 3.32. The molecule has 1 heterocycles. The van der Waals surface area contributed by atoms with Crippen LogP contribution < -0.4 is 4.72 Å². The Hall–Kier alpha value is -2.74. The van der Waals surface area contributed by atoms with E-state index in [-0.39, 0.29) is 5.69 Å². The van der Waals surface area contributed by atoms with Gasteiger partial charge in [0.25, 0.3) is 10.0 Å². The summed E-state index contributed by atoms with van der Waals surface area (Å²) in [5.74, 6) is -1.86. The van der Waals surface area contributed by atoms with Crippen molar-refractivity contribution in [3.8, 4) is 0 Å². The summed E-state index contributed by atoms with van der Waals surface area (Å²) in [6.45, 7) is 2.43. The summed E-state index contributed by atoms with van der Waals surface area (Å²) in [7, 11) is -4.25. The first-order chi connectivity index (χ1) is 11.8. The molecule has 25 heavy (non-hydrogen) atoms. The van der Waals surface area contributed by atoms with Crippen LogP contribution in [-0.2, 0) is 16.6 Å². The number of aromatic nitrogens is 2. The van der Waals surface area contributed by atoms with E-state index in [1.165, 1.54) is 12.4 Å². The van der Waals surface area contributed by atoms with Crippen LogP contribution in [0.4, 0.5) is 14.5 Å². The average molecular weight is 363 g/mol. The summed E-state index contributed by atoms with van der Waals surface area (Å²) in [4.78, 5) is -0.751. The third-order valence-corrected chi connectivity index (χ3v) is 5.06. The smallest absolute Gasteiger partial charge is 0.265 e. The second-order valence-electron chi connectivity index (χ2n) is 5.53. The van der Waals surface area contributed by atoms with Crippen LogP contribution in [0.25, 0.3) is 0 Å². The second kappa shape index (κ2) is 6.64. The van der Waals surface area contributed by atoms with Crippen LogP contribution in [0.3, 0.4) is 0 Å². The Kier molecular flexibility index (Phi) is 4.54. The monoisotopic (exact) mass is 363 g/mol. The lowest BCUT2D eigenvalue weighted by Gasteiger charge is -2.07. The van der Waals surface area contributed by atoms with Gasteiger partial charge in [-0.3, -0.25) is 9.40 Å². The number of hydrogen-bond donors (Lipinski definition) is 1. The number of nitrogens with zero attached hydrogens (tertiary/aromatic N) is 2. The second-order valence-corrected chi connectivity index (χ2v) is 7.18. The third kappa shape index (κ3) is 3.85. The molecule has 0 aliphatic carbocycles. The van der Waals surface area contributed by atoms with Crippen LogP contribution in [0.2, 0.25) is 0 Å². The molecule has 0 atom stereocenters. The molecule has 0 saturated heterocycles. The van der Waals surface area contributed by atoms with E-state index in [1.54, 1.807) is 4.68 Å². The SMILES string of the molecule is Cc1ccccc1Cn1cc(NS(=O)(=O)c2cc(F)ccc2F)cn1. The zero-order valence-corrected chi connectivity index (χ0v) is 14.1. The molecule has 3 aromatic rings. The molecule has 0 unspecified atom stereocenters. The maximum Gasteiger partial charge on any atom is 0.265 e. The van der Waals surface area contributed by atoms with Gasteiger partial charge >= 0.3 is 0 Å². The largest absolute Gasteiger partial charge is 0.276 e. The molecule has 130 valence electrons. The van der Waals surface area contributed by atoms with E-state index in [2.05, 4.69) is 9.82 Å². The maximum atomic E-state index is 13.7. The Morgan fingerprint density at radius 1 is 1.16 bits per heavy atom. The van der Waals surface area contributed by atoms with E-state index in [9.17, 15) is 17.2 Å². The topological polar surface area (TPSA) is 64.0 Å². The average Bonchev–Trinajstić information content (AvgIpc) is 2.98. The Labute approximate surface area is 144 Å². The van der Waals surface area contributed by atoms with Crippen LogP contribution >= 0.6 is 0 Å². The van der Waals surface area contributed by atoms with Crippen molar-refractivity contribution in [3.05, 3.63) is 77.6 Å². The number of aryl methyl sites for hydroxylation is 1. The Balaban J connectivity index is 1.81. The molecule has 0 bridgehead atoms. The van der Waals surface area contributed by atoms with Crippen LogP contribution in [-0.4, -0.2) is 18.2 Å². The summed E-state index contributed by atoms with van der Waals surface area (Å²) in [5, 5.41) is 4.09. The molecule has 1 aromatic heterocycles. The van der Waals surface area contributed by atoms with Gasteiger partial charge < -0.3 is 0 Å². The van der Waals surface area contributed by atoms with Crippen molar-refractivity contribution >= 4 is 15.7 Å². The Morgan fingerprint density at radius 2 is 1.92 bits per heavy atom. The summed E-state index contributed by atoms with van der Waals surface area (Å²) in [6.07, 6.45) is 2.80. The summed E-state index contributed by atoms with van der Waals surface area (Å²) in [6, 6.07) is 10.0. The zero-order valence-electron chi connectivity index (χ0n) is 13.3. The van der Waals surface area contributed by atoms with Crippen molar-refractivity contribution < 1.29 is 17.2 Å². The van der Waals surface area contributed by atoms with Gasteiger partial charge in [-0.05, 0) is 36.2 Å². The fraction of sp³-hybridized carbons (Fsp3) is 0.118. The number of halogens is 2. The van der Waals surface area contributed by atoms with Gasteiger partial charge in [0.1, 0.15) is 16.5 Å². The molecule has 0 saturated carbocycles. The van der Waals surface area contributed by atoms with Gasteiger partial charge in [-0.1, -0.05) is 24.3 Å². The van der Waals surface area contributed by atoms with Crippen LogP contribution in [0, 0.1) is 18.6 Å². The molecule has 0 aliphatic rings. The van der Waals surface area contributed by atoms with Gasteiger partial charge in [-0.25, -0.2) is 17.2 Å². The van der Waals surface area contributed by atoms with Crippen molar-refractivity contribution in [2.75, 3.05) is 4.72 Å². The van der Waals surface area contributed by atoms with Crippen molar-refractivity contribution in [1.29, 1.82) is 0 Å². The molecule has 3 rings (SSSR count). The minimum Gasteiger partial charge on any atom is -0.276 e. The molecule has 1 N–H and O–H groups in total. The van der Waals surface area contributed by atoms with Crippen LogP contribution in [0.5, 0.6) is 0 Å². The van der Waals surface area contributed by atoms with E-state index < -0.39 is 26.6 Å². The molecule has 0 aliphatic heterocycles. The first-order valence-corrected chi connectivity index (χ1v) is 8.88. The lowest BCUT2D eigenvalue weighted by Crippen LogP contribution is -2.14. The van der Waals surface area contributed by atoms with Crippen molar-refractivity contribution in [1.82, 2.24) is 9.78 Å². The number of rotatable bonds is 5. The van der Waals surface area contributed by atoms with Crippen LogP contribution in [0.1, 0.15) is 11.1 Å². The normalized spacial score (nSPS) is 11.5. The minimum absolute atomic E-state index is 0.164. The summed E-state index contributed by atoms with van der Waals surface area (Å²) >= 11 is 0. The highest BCUT2D eigenvalue weighted by molar-refractivity contribution is 7.92. The molecule has 0 spiro atoms. The molecule has 0 radical (unpaired) electrons. The highest BCUT2D eigenvalue weighted by Gasteiger charge is 2.20. The standard InChI is InChI=1S/C17H15F2N3O2S/c1-12-4-2-3-5-13(12)10-22-11-15(9-20-22)21-25(23,24)17-8-14(18)6-7-16(17)19/h2-9,11,21H,10H2,1H3. The minimum atomic E-state index is -4.25. The maximum absolute atomic E-state index is 13.7. The molecular formula is C17H15F2N3O2S. The number of hydrogen-bond acceptors (Lipinski definition) is 3. The summed E-state index contributed by atoms with van der Waals surface area (Å²) in [5.41, 5.74) is 2.29. The summed E-state index contributed by atoms with van der Waals surface area (Å²) < 4.78 is 55.2. The molecule has 5 nitrogen and oxygen atoms in total. The van der Waals surface area contributed by atoms with Gasteiger partial charge in [0.05, 0.1) is 18.4 Å². The van der Waals surface area contributed by atoms with Crippen molar-refractivity contribution in [2.45, 2.75) is 18.4 Å². The third-order valence-electron chi connectivity index (χ3n) is 3.66. The lowest BCUT2D eigenvalue weighted by atomic mass is 10.1. The quantitative estimate of drug-likeness (QED) is 0.756. The Bertz CT molecular complexity index is 1020. The van der Waals surface area contributed by atoms with E-state index in [1.807, 2.05) is 31.2 Å². The number of benzene rings is 2.